The number of amides is 1. The van der Waals surface area contributed by atoms with Gasteiger partial charge in [-0.05, 0) is 30.7 Å². The van der Waals surface area contributed by atoms with E-state index < -0.39 is 12.1 Å². The Kier molecular flexibility index (Phi) is 8.14. The van der Waals surface area contributed by atoms with Crippen LogP contribution in [0.25, 0.3) is 10.6 Å². The molecule has 1 amide bonds. The van der Waals surface area contributed by atoms with E-state index in [-0.39, 0.29) is 32.0 Å². The van der Waals surface area contributed by atoms with Crippen LogP contribution in [0.1, 0.15) is 11.3 Å². The van der Waals surface area contributed by atoms with Gasteiger partial charge in [0.25, 0.3) is 0 Å². The van der Waals surface area contributed by atoms with Gasteiger partial charge in [0.1, 0.15) is 10.8 Å². The molecule has 3 N–H and O–H groups in total. The summed E-state index contributed by atoms with van der Waals surface area (Å²) in [4.78, 5) is 15.9. The zero-order valence-electron chi connectivity index (χ0n) is 13.0. The van der Waals surface area contributed by atoms with Crippen molar-refractivity contribution < 1.29 is 22.7 Å². The van der Waals surface area contributed by atoms with Crippen molar-refractivity contribution in [1.29, 1.82) is 0 Å². The summed E-state index contributed by atoms with van der Waals surface area (Å²) in [6.45, 7) is 0.549. The van der Waals surface area contributed by atoms with Gasteiger partial charge >= 0.3 is 12.1 Å². The molecule has 1 heterocycles. The molecule has 0 saturated carbocycles. The third kappa shape index (κ3) is 6.52. The van der Waals surface area contributed by atoms with E-state index in [0.29, 0.717) is 12.3 Å². The van der Waals surface area contributed by atoms with Gasteiger partial charge < -0.3 is 15.8 Å². The molecule has 0 bridgehead atoms. The van der Waals surface area contributed by atoms with Crippen molar-refractivity contribution in [3.8, 4) is 16.3 Å². The zero-order chi connectivity index (χ0) is 17.6. The van der Waals surface area contributed by atoms with Crippen LogP contribution in [0.3, 0.4) is 0 Å². The van der Waals surface area contributed by atoms with E-state index >= 15 is 0 Å². The predicted octanol–water partition coefficient (Wildman–Crippen LogP) is 3.14. The minimum Gasteiger partial charge on any atom is -0.494 e. The summed E-state index contributed by atoms with van der Waals surface area (Å²) in [6, 6.07) is 7.21. The smallest absolute Gasteiger partial charge is 0.471 e. The second-order valence-electron chi connectivity index (χ2n) is 4.82. The molecule has 2 aromatic rings. The first kappa shape index (κ1) is 21.2. The average molecular weight is 396 g/mol. The Hall–Kier alpha value is -1.84. The second kappa shape index (κ2) is 9.59. The summed E-state index contributed by atoms with van der Waals surface area (Å²) in [5.74, 6) is -1.34. The quantitative estimate of drug-likeness (QED) is 0.706. The number of hydrogen-bond acceptors (Lipinski definition) is 5. The van der Waals surface area contributed by atoms with Crippen molar-refractivity contribution in [1.82, 2.24) is 10.3 Å². The van der Waals surface area contributed by atoms with Crippen molar-refractivity contribution in [3.05, 3.63) is 35.3 Å². The number of carbonyl (C=O) groups is 1. The lowest BCUT2D eigenvalue weighted by Crippen LogP contribution is -2.37. The number of benzene rings is 1. The molecule has 0 spiro atoms. The molecule has 5 nitrogen and oxygen atoms in total. The number of ether oxygens (including phenoxy) is 1. The van der Waals surface area contributed by atoms with Crippen molar-refractivity contribution in [2.45, 2.75) is 19.1 Å². The molecule has 0 radical (unpaired) electrons. The Morgan fingerprint density at radius 1 is 1.28 bits per heavy atom. The Labute approximate surface area is 152 Å². The summed E-state index contributed by atoms with van der Waals surface area (Å²) < 4.78 is 41.3. The van der Waals surface area contributed by atoms with Gasteiger partial charge in [0, 0.05) is 29.7 Å². The van der Waals surface area contributed by atoms with Gasteiger partial charge in [-0.15, -0.1) is 23.7 Å². The molecule has 0 aliphatic heterocycles. The van der Waals surface area contributed by atoms with Crippen molar-refractivity contribution in [2.24, 2.45) is 5.73 Å². The van der Waals surface area contributed by atoms with Crippen molar-refractivity contribution in [3.63, 3.8) is 0 Å². The van der Waals surface area contributed by atoms with E-state index in [4.69, 9.17) is 10.5 Å². The van der Waals surface area contributed by atoms with Crippen LogP contribution in [0.15, 0.2) is 30.5 Å². The number of alkyl halides is 3. The number of aromatic nitrogens is 1. The van der Waals surface area contributed by atoms with E-state index in [0.717, 1.165) is 15.4 Å². The first-order chi connectivity index (χ1) is 11.4. The van der Waals surface area contributed by atoms with Crippen molar-refractivity contribution >= 4 is 29.7 Å². The van der Waals surface area contributed by atoms with Crippen LogP contribution < -0.4 is 15.8 Å². The Bertz CT molecular complexity index is 677. The molecule has 138 valence electrons. The van der Waals surface area contributed by atoms with E-state index in [1.54, 1.807) is 23.6 Å². The van der Waals surface area contributed by atoms with E-state index in [1.165, 1.54) is 11.3 Å². The molecule has 0 unspecified atom stereocenters. The molecule has 1 aromatic carbocycles. The highest BCUT2D eigenvalue weighted by atomic mass is 35.5. The predicted molar refractivity (Wildman–Crippen MR) is 91.9 cm³/mol. The molecular weight excluding hydrogens is 379 g/mol. The molecule has 0 aliphatic rings. The van der Waals surface area contributed by atoms with E-state index in [9.17, 15) is 18.0 Å². The third-order valence-electron chi connectivity index (χ3n) is 2.99. The fourth-order valence-electron chi connectivity index (χ4n) is 1.79. The number of thiazole rings is 1. The number of nitrogens with one attached hydrogen (secondary N) is 1. The number of hydrogen-bond donors (Lipinski definition) is 2. The van der Waals surface area contributed by atoms with Gasteiger partial charge in [0.15, 0.2) is 0 Å². The molecule has 2 rings (SSSR count). The molecule has 1 aromatic heterocycles. The maximum absolute atomic E-state index is 12.0. The van der Waals surface area contributed by atoms with Crippen LogP contribution in [0, 0.1) is 0 Å². The largest absolute Gasteiger partial charge is 0.494 e. The molecule has 0 aliphatic carbocycles. The molecule has 0 fully saturated rings. The molecule has 25 heavy (non-hydrogen) atoms. The second-order valence-corrected chi connectivity index (χ2v) is 5.93. The Morgan fingerprint density at radius 2 is 1.96 bits per heavy atom. The Balaban J connectivity index is 0.00000312. The highest BCUT2D eigenvalue weighted by molar-refractivity contribution is 7.15. The van der Waals surface area contributed by atoms with Crippen LogP contribution in [0.4, 0.5) is 13.2 Å². The van der Waals surface area contributed by atoms with E-state index in [2.05, 4.69) is 4.98 Å². The molecule has 0 atom stereocenters. The summed E-state index contributed by atoms with van der Waals surface area (Å²) in [5, 5.41) is 2.64. The lowest BCUT2D eigenvalue weighted by atomic mass is 10.2. The first-order valence-corrected chi connectivity index (χ1v) is 7.95. The van der Waals surface area contributed by atoms with Crippen LogP contribution in [0.2, 0.25) is 0 Å². The minimum absolute atomic E-state index is 0. The molecular formula is C15H17ClF3N3O2S. The first-order valence-electron chi connectivity index (χ1n) is 7.13. The SMILES string of the molecule is Cl.NCc1cnc(-c2ccc(OCCCNC(=O)C(F)(F)F)cc2)s1. The average Bonchev–Trinajstić information content (AvgIpc) is 3.03. The third-order valence-corrected chi connectivity index (χ3v) is 4.06. The van der Waals surface area contributed by atoms with Gasteiger partial charge in [0.2, 0.25) is 0 Å². The fourth-order valence-corrected chi connectivity index (χ4v) is 2.59. The minimum atomic E-state index is -4.85. The fraction of sp³-hybridized carbons (Fsp3) is 0.333. The topological polar surface area (TPSA) is 77.2 Å². The lowest BCUT2D eigenvalue weighted by molar-refractivity contribution is -0.173. The van der Waals surface area contributed by atoms with Gasteiger partial charge in [-0.1, -0.05) is 0 Å². The maximum Gasteiger partial charge on any atom is 0.471 e. The maximum atomic E-state index is 12.0. The Morgan fingerprint density at radius 3 is 2.52 bits per heavy atom. The summed E-state index contributed by atoms with van der Waals surface area (Å²) in [6.07, 6.45) is -2.84. The van der Waals surface area contributed by atoms with Crippen LogP contribution in [-0.2, 0) is 11.3 Å². The summed E-state index contributed by atoms with van der Waals surface area (Å²) in [7, 11) is 0. The number of nitrogens with two attached hydrogens (primary N) is 1. The highest BCUT2D eigenvalue weighted by Crippen LogP contribution is 2.26. The van der Waals surface area contributed by atoms with Gasteiger partial charge in [-0.25, -0.2) is 4.98 Å². The van der Waals surface area contributed by atoms with Crippen LogP contribution >= 0.6 is 23.7 Å². The number of nitrogens with zero attached hydrogens (tertiary/aromatic N) is 1. The summed E-state index contributed by atoms with van der Waals surface area (Å²) >= 11 is 1.51. The van der Waals surface area contributed by atoms with Crippen molar-refractivity contribution in [2.75, 3.05) is 13.2 Å². The zero-order valence-corrected chi connectivity index (χ0v) is 14.6. The van der Waals surface area contributed by atoms with Gasteiger partial charge in [0.05, 0.1) is 6.61 Å². The summed E-state index contributed by atoms with van der Waals surface area (Å²) in [5.41, 5.74) is 6.48. The monoisotopic (exact) mass is 395 g/mol. The standard InChI is InChI=1S/C15H16F3N3O2S.ClH/c16-15(17,18)14(22)20-6-1-7-23-11-4-2-10(3-5-11)13-21-9-12(8-19)24-13;/h2-5,9H,1,6-8,19H2,(H,20,22);1H. The van der Waals surface area contributed by atoms with Gasteiger partial charge in [-0.3, -0.25) is 4.79 Å². The van der Waals surface area contributed by atoms with Crippen LogP contribution in [-0.4, -0.2) is 30.2 Å². The van der Waals surface area contributed by atoms with Gasteiger partial charge in [-0.2, -0.15) is 13.2 Å². The van der Waals surface area contributed by atoms with E-state index in [1.807, 2.05) is 12.1 Å². The normalized spacial score (nSPS) is 10.9. The van der Waals surface area contributed by atoms with Crippen LogP contribution in [0.5, 0.6) is 5.75 Å². The molecule has 0 saturated heterocycles. The number of halogens is 4. The highest BCUT2D eigenvalue weighted by Gasteiger charge is 2.38. The molecule has 10 heteroatoms. The lowest BCUT2D eigenvalue weighted by Gasteiger charge is -2.09. The number of carbonyl (C=O) groups excluding carboxylic acids is 1. The number of rotatable bonds is 7.